The summed E-state index contributed by atoms with van der Waals surface area (Å²) in [5.74, 6) is 0. The SMILES string of the molecule is CC1=CC(O)(c2ccccc2C2OCCO2)CC1. The fraction of sp³-hybridized carbons (Fsp3) is 0.467. The van der Waals surface area contributed by atoms with Gasteiger partial charge in [-0.25, -0.2) is 0 Å². The average Bonchev–Trinajstić information content (AvgIpc) is 3.00. The summed E-state index contributed by atoms with van der Waals surface area (Å²) in [5.41, 5.74) is 2.23. The van der Waals surface area contributed by atoms with Gasteiger partial charge in [-0.15, -0.1) is 0 Å². The molecule has 1 aliphatic heterocycles. The van der Waals surface area contributed by atoms with Crippen molar-refractivity contribution in [3.05, 3.63) is 47.0 Å². The van der Waals surface area contributed by atoms with Gasteiger partial charge in [-0.05, 0) is 31.4 Å². The molecule has 1 aromatic carbocycles. The van der Waals surface area contributed by atoms with Gasteiger partial charge in [-0.3, -0.25) is 0 Å². The molecule has 1 atom stereocenters. The van der Waals surface area contributed by atoms with Crippen molar-refractivity contribution in [2.75, 3.05) is 13.2 Å². The largest absolute Gasteiger partial charge is 0.381 e. The highest BCUT2D eigenvalue weighted by Gasteiger charge is 2.35. The van der Waals surface area contributed by atoms with Crippen LogP contribution in [0.25, 0.3) is 0 Å². The molecule has 0 saturated carbocycles. The minimum Gasteiger partial charge on any atom is -0.381 e. The number of allylic oxidation sites excluding steroid dienone is 1. The van der Waals surface area contributed by atoms with E-state index in [9.17, 15) is 5.11 Å². The molecule has 18 heavy (non-hydrogen) atoms. The molecular weight excluding hydrogens is 228 g/mol. The number of ether oxygens (including phenoxy) is 2. The Bertz CT molecular complexity index is 474. The van der Waals surface area contributed by atoms with E-state index in [1.807, 2.05) is 30.3 Å². The van der Waals surface area contributed by atoms with Gasteiger partial charge in [0, 0.05) is 5.56 Å². The molecule has 1 aliphatic carbocycles. The quantitative estimate of drug-likeness (QED) is 0.815. The van der Waals surface area contributed by atoms with Gasteiger partial charge in [0.15, 0.2) is 6.29 Å². The van der Waals surface area contributed by atoms with Crippen LogP contribution in [-0.2, 0) is 15.1 Å². The molecule has 1 heterocycles. The van der Waals surface area contributed by atoms with Crippen molar-refractivity contribution in [2.45, 2.75) is 31.7 Å². The van der Waals surface area contributed by atoms with Gasteiger partial charge >= 0.3 is 0 Å². The van der Waals surface area contributed by atoms with Crippen molar-refractivity contribution in [1.29, 1.82) is 0 Å². The van der Waals surface area contributed by atoms with Crippen molar-refractivity contribution in [3.63, 3.8) is 0 Å². The molecule has 1 aromatic rings. The third-order valence-corrected chi connectivity index (χ3v) is 3.69. The third kappa shape index (κ3) is 1.99. The van der Waals surface area contributed by atoms with Gasteiger partial charge in [0.2, 0.25) is 0 Å². The molecule has 0 amide bonds. The predicted molar refractivity (Wildman–Crippen MR) is 68.0 cm³/mol. The molecule has 0 aromatic heterocycles. The van der Waals surface area contributed by atoms with E-state index in [2.05, 4.69) is 6.92 Å². The van der Waals surface area contributed by atoms with E-state index in [0.29, 0.717) is 13.2 Å². The van der Waals surface area contributed by atoms with Crippen molar-refractivity contribution in [2.24, 2.45) is 0 Å². The van der Waals surface area contributed by atoms with Crippen LogP contribution in [0.1, 0.15) is 37.2 Å². The Labute approximate surface area is 107 Å². The maximum absolute atomic E-state index is 10.8. The van der Waals surface area contributed by atoms with Crippen LogP contribution in [0, 0.1) is 0 Å². The zero-order chi connectivity index (χ0) is 12.6. The molecule has 1 unspecified atom stereocenters. The Morgan fingerprint density at radius 3 is 2.61 bits per heavy atom. The lowest BCUT2D eigenvalue weighted by atomic mass is 9.89. The minimum atomic E-state index is -0.865. The van der Waals surface area contributed by atoms with Crippen LogP contribution in [-0.4, -0.2) is 18.3 Å². The summed E-state index contributed by atoms with van der Waals surface area (Å²) in [7, 11) is 0. The van der Waals surface area contributed by atoms with Gasteiger partial charge < -0.3 is 14.6 Å². The van der Waals surface area contributed by atoms with E-state index < -0.39 is 5.60 Å². The summed E-state index contributed by atoms with van der Waals surface area (Å²) >= 11 is 0. The zero-order valence-electron chi connectivity index (χ0n) is 10.6. The highest BCUT2D eigenvalue weighted by atomic mass is 16.7. The molecule has 0 radical (unpaired) electrons. The molecule has 0 bridgehead atoms. The van der Waals surface area contributed by atoms with Crippen LogP contribution in [0.5, 0.6) is 0 Å². The smallest absolute Gasteiger partial charge is 0.184 e. The van der Waals surface area contributed by atoms with E-state index in [4.69, 9.17) is 9.47 Å². The number of aliphatic hydroxyl groups is 1. The summed E-state index contributed by atoms with van der Waals surface area (Å²) < 4.78 is 11.1. The molecule has 3 rings (SSSR count). The van der Waals surface area contributed by atoms with Crippen molar-refractivity contribution in [3.8, 4) is 0 Å². The standard InChI is InChI=1S/C15H18O3/c1-11-6-7-15(16,10-11)13-5-3-2-4-12(13)14-17-8-9-18-14/h2-5,10,14,16H,6-9H2,1H3. The van der Waals surface area contributed by atoms with Crippen LogP contribution in [0.2, 0.25) is 0 Å². The number of hydrogen-bond acceptors (Lipinski definition) is 3. The Morgan fingerprint density at radius 2 is 1.94 bits per heavy atom. The fourth-order valence-corrected chi connectivity index (χ4v) is 2.79. The van der Waals surface area contributed by atoms with Gasteiger partial charge in [-0.1, -0.05) is 29.8 Å². The first kappa shape index (κ1) is 11.9. The molecule has 3 heteroatoms. The minimum absolute atomic E-state index is 0.334. The summed E-state index contributed by atoms with van der Waals surface area (Å²) in [6, 6.07) is 7.85. The first-order valence-electron chi connectivity index (χ1n) is 6.42. The molecule has 3 nitrogen and oxygen atoms in total. The second-order valence-electron chi connectivity index (χ2n) is 5.08. The highest BCUT2D eigenvalue weighted by Crippen LogP contribution is 2.40. The molecule has 1 fully saturated rings. The maximum atomic E-state index is 10.8. The summed E-state index contributed by atoms with van der Waals surface area (Å²) in [6.45, 7) is 3.29. The van der Waals surface area contributed by atoms with E-state index >= 15 is 0 Å². The van der Waals surface area contributed by atoms with E-state index in [-0.39, 0.29) is 6.29 Å². The lowest BCUT2D eigenvalue weighted by Crippen LogP contribution is -2.23. The van der Waals surface area contributed by atoms with Gasteiger partial charge in [0.05, 0.1) is 13.2 Å². The molecule has 2 aliphatic rings. The lowest BCUT2D eigenvalue weighted by molar-refractivity contribution is -0.0475. The zero-order valence-corrected chi connectivity index (χ0v) is 10.6. The van der Waals surface area contributed by atoms with Crippen LogP contribution in [0.15, 0.2) is 35.9 Å². The van der Waals surface area contributed by atoms with Crippen LogP contribution >= 0.6 is 0 Å². The summed E-state index contributed by atoms with van der Waals surface area (Å²) in [4.78, 5) is 0. The molecule has 1 saturated heterocycles. The molecular formula is C15H18O3. The van der Waals surface area contributed by atoms with Gasteiger partial charge in [0.1, 0.15) is 5.60 Å². The summed E-state index contributed by atoms with van der Waals surface area (Å²) in [6.07, 6.45) is 3.31. The number of benzene rings is 1. The lowest BCUT2D eigenvalue weighted by Gasteiger charge is -2.25. The monoisotopic (exact) mass is 246 g/mol. The maximum Gasteiger partial charge on any atom is 0.184 e. The third-order valence-electron chi connectivity index (χ3n) is 3.69. The first-order valence-corrected chi connectivity index (χ1v) is 6.42. The highest BCUT2D eigenvalue weighted by molar-refractivity contribution is 5.39. The average molecular weight is 246 g/mol. The summed E-state index contributed by atoms with van der Waals surface area (Å²) in [5, 5.41) is 10.8. The van der Waals surface area contributed by atoms with Crippen LogP contribution in [0.3, 0.4) is 0 Å². The fourth-order valence-electron chi connectivity index (χ4n) is 2.79. The Morgan fingerprint density at radius 1 is 1.22 bits per heavy atom. The topological polar surface area (TPSA) is 38.7 Å². The Balaban J connectivity index is 2.01. The number of rotatable bonds is 2. The van der Waals surface area contributed by atoms with Gasteiger partial charge in [-0.2, -0.15) is 0 Å². The second kappa shape index (κ2) is 4.50. The molecule has 96 valence electrons. The van der Waals surface area contributed by atoms with Crippen LogP contribution in [0.4, 0.5) is 0 Å². The molecule has 1 N–H and O–H groups in total. The molecule has 0 spiro atoms. The van der Waals surface area contributed by atoms with Crippen molar-refractivity contribution < 1.29 is 14.6 Å². The first-order chi connectivity index (χ1) is 8.69. The van der Waals surface area contributed by atoms with Crippen molar-refractivity contribution >= 4 is 0 Å². The van der Waals surface area contributed by atoms with E-state index in [1.165, 1.54) is 5.57 Å². The van der Waals surface area contributed by atoms with E-state index in [0.717, 1.165) is 24.0 Å². The Kier molecular flexibility index (Phi) is 2.98. The Hall–Kier alpha value is -1.16. The number of hydrogen-bond donors (Lipinski definition) is 1. The van der Waals surface area contributed by atoms with Crippen LogP contribution < -0.4 is 0 Å². The normalized spacial score (nSPS) is 28.7. The van der Waals surface area contributed by atoms with Crippen molar-refractivity contribution in [1.82, 2.24) is 0 Å². The van der Waals surface area contributed by atoms with Gasteiger partial charge in [0.25, 0.3) is 0 Å². The van der Waals surface area contributed by atoms with E-state index in [1.54, 1.807) is 0 Å². The predicted octanol–water partition coefficient (Wildman–Crippen LogP) is 2.66. The second-order valence-corrected chi connectivity index (χ2v) is 5.08.